The van der Waals surface area contributed by atoms with E-state index in [4.69, 9.17) is 16.3 Å². The summed E-state index contributed by atoms with van der Waals surface area (Å²) in [6, 6.07) is 14.2. The van der Waals surface area contributed by atoms with E-state index in [0.29, 0.717) is 36.0 Å². The molecule has 136 valence electrons. The van der Waals surface area contributed by atoms with Gasteiger partial charge in [-0.05, 0) is 42.8 Å². The van der Waals surface area contributed by atoms with Gasteiger partial charge in [0.2, 0.25) is 5.91 Å². The van der Waals surface area contributed by atoms with E-state index in [9.17, 15) is 9.59 Å². The first-order valence-electron chi connectivity index (χ1n) is 8.56. The summed E-state index contributed by atoms with van der Waals surface area (Å²) in [6.07, 6.45) is 0.257. The molecule has 1 aliphatic rings. The minimum Gasteiger partial charge on any atom is -0.375 e. The van der Waals surface area contributed by atoms with Gasteiger partial charge in [0, 0.05) is 29.4 Å². The van der Waals surface area contributed by atoms with Crippen molar-refractivity contribution in [3.05, 3.63) is 64.7 Å². The number of benzene rings is 2. The molecule has 3 rings (SSSR count). The summed E-state index contributed by atoms with van der Waals surface area (Å²) >= 11 is 5.95. The van der Waals surface area contributed by atoms with Gasteiger partial charge in [0.15, 0.2) is 0 Å². The quantitative estimate of drug-likeness (QED) is 0.895. The molecule has 1 N–H and O–H groups in total. The van der Waals surface area contributed by atoms with Crippen LogP contribution in [0.4, 0.5) is 5.69 Å². The normalized spacial score (nSPS) is 17.0. The summed E-state index contributed by atoms with van der Waals surface area (Å²) in [5.41, 5.74) is 1.99. The Morgan fingerprint density at radius 2 is 2.04 bits per heavy atom. The lowest BCUT2D eigenvalue weighted by Crippen LogP contribution is -2.44. The molecule has 26 heavy (non-hydrogen) atoms. The highest BCUT2D eigenvalue weighted by atomic mass is 35.5. The second kappa shape index (κ2) is 8.34. The van der Waals surface area contributed by atoms with Gasteiger partial charge in [-0.2, -0.15) is 0 Å². The molecule has 1 aliphatic heterocycles. The molecule has 1 unspecified atom stereocenters. The Morgan fingerprint density at radius 1 is 1.23 bits per heavy atom. The SMILES string of the molecule is CC1CN(C(=O)c2cccc(NC(=O)Cc3cccc(Cl)c3)c2)CCO1. The van der Waals surface area contributed by atoms with E-state index in [1.54, 1.807) is 41.3 Å². The Balaban J connectivity index is 1.65. The molecule has 5 nitrogen and oxygen atoms in total. The first-order valence-corrected chi connectivity index (χ1v) is 8.94. The summed E-state index contributed by atoms with van der Waals surface area (Å²) in [7, 11) is 0. The predicted molar refractivity (Wildman–Crippen MR) is 102 cm³/mol. The molecular formula is C20H21ClN2O3. The number of nitrogens with zero attached hydrogens (tertiary/aromatic N) is 1. The number of carbonyl (C=O) groups excluding carboxylic acids is 2. The molecule has 0 spiro atoms. The van der Waals surface area contributed by atoms with Crippen LogP contribution >= 0.6 is 11.6 Å². The Labute approximate surface area is 157 Å². The number of hydrogen-bond acceptors (Lipinski definition) is 3. The summed E-state index contributed by atoms with van der Waals surface area (Å²) in [5, 5.41) is 3.44. The topological polar surface area (TPSA) is 58.6 Å². The van der Waals surface area contributed by atoms with Gasteiger partial charge in [-0.25, -0.2) is 0 Å². The van der Waals surface area contributed by atoms with E-state index >= 15 is 0 Å². The third kappa shape index (κ3) is 4.84. The lowest BCUT2D eigenvalue weighted by atomic mass is 10.1. The Kier molecular flexibility index (Phi) is 5.91. The molecular weight excluding hydrogens is 352 g/mol. The molecule has 0 aliphatic carbocycles. The first kappa shape index (κ1) is 18.4. The molecule has 0 radical (unpaired) electrons. The van der Waals surface area contributed by atoms with Gasteiger partial charge in [-0.1, -0.05) is 29.8 Å². The van der Waals surface area contributed by atoms with Crippen molar-refractivity contribution in [2.45, 2.75) is 19.4 Å². The highest BCUT2D eigenvalue weighted by Crippen LogP contribution is 2.16. The molecule has 1 heterocycles. The predicted octanol–water partition coefficient (Wildman–Crippen LogP) is 3.38. The standard InChI is InChI=1S/C20H21ClN2O3/c1-14-13-23(8-9-26-14)20(25)16-5-3-7-18(12-16)22-19(24)11-15-4-2-6-17(21)10-15/h2-7,10,12,14H,8-9,11,13H2,1H3,(H,22,24). The van der Waals surface area contributed by atoms with Gasteiger partial charge in [-0.15, -0.1) is 0 Å². The Bertz CT molecular complexity index is 809. The van der Waals surface area contributed by atoms with Crippen LogP contribution in [0.2, 0.25) is 5.02 Å². The van der Waals surface area contributed by atoms with E-state index in [2.05, 4.69) is 5.32 Å². The minimum absolute atomic E-state index is 0.0354. The van der Waals surface area contributed by atoms with Gasteiger partial charge < -0.3 is 15.0 Å². The fraction of sp³-hybridized carbons (Fsp3) is 0.300. The molecule has 0 bridgehead atoms. The highest BCUT2D eigenvalue weighted by Gasteiger charge is 2.22. The summed E-state index contributed by atoms with van der Waals surface area (Å²) in [5.74, 6) is -0.206. The van der Waals surface area contributed by atoms with Crippen molar-refractivity contribution in [2.24, 2.45) is 0 Å². The zero-order chi connectivity index (χ0) is 18.5. The Morgan fingerprint density at radius 3 is 2.81 bits per heavy atom. The second-order valence-electron chi connectivity index (χ2n) is 6.37. The lowest BCUT2D eigenvalue weighted by molar-refractivity contribution is -0.115. The molecule has 1 saturated heterocycles. The van der Waals surface area contributed by atoms with Crippen molar-refractivity contribution in [1.82, 2.24) is 4.90 Å². The summed E-state index contributed by atoms with van der Waals surface area (Å²) < 4.78 is 5.48. The van der Waals surface area contributed by atoms with E-state index in [-0.39, 0.29) is 24.3 Å². The fourth-order valence-corrected chi connectivity index (χ4v) is 3.17. The summed E-state index contributed by atoms with van der Waals surface area (Å²) in [4.78, 5) is 26.7. The zero-order valence-electron chi connectivity index (χ0n) is 14.6. The smallest absolute Gasteiger partial charge is 0.254 e. The number of carbonyl (C=O) groups is 2. The van der Waals surface area contributed by atoms with Crippen LogP contribution in [0.3, 0.4) is 0 Å². The van der Waals surface area contributed by atoms with Crippen LogP contribution in [-0.4, -0.2) is 42.5 Å². The molecule has 2 amide bonds. The Hall–Kier alpha value is -2.37. The average molecular weight is 373 g/mol. The maximum Gasteiger partial charge on any atom is 0.254 e. The van der Waals surface area contributed by atoms with Gasteiger partial charge >= 0.3 is 0 Å². The van der Waals surface area contributed by atoms with Crippen molar-refractivity contribution in [2.75, 3.05) is 25.0 Å². The maximum absolute atomic E-state index is 12.7. The number of amides is 2. The van der Waals surface area contributed by atoms with Gasteiger partial charge in [0.1, 0.15) is 0 Å². The minimum atomic E-state index is -0.156. The van der Waals surface area contributed by atoms with Crippen LogP contribution in [0.25, 0.3) is 0 Å². The zero-order valence-corrected chi connectivity index (χ0v) is 15.3. The molecule has 0 saturated carbocycles. The highest BCUT2D eigenvalue weighted by molar-refractivity contribution is 6.30. The number of hydrogen-bond donors (Lipinski definition) is 1. The van der Waals surface area contributed by atoms with Crippen LogP contribution in [0.15, 0.2) is 48.5 Å². The number of morpholine rings is 1. The number of ether oxygens (including phenoxy) is 1. The van der Waals surface area contributed by atoms with Crippen LogP contribution in [0.5, 0.6) is 0 Å². The van der Waals surface area contributed by atoms with Crippen LogP contribution in [0.1, 0.15) is 22.8 Å². The number of halogens is 1. The van der Waals surface area contributed by atoms with Crippen molar-refractivity contribution in [3.8, 4) is 0 Å². The number of nitrogens with one attached hydrogen (secondary N) is 1. The second-order valence-corrected chi connectivity index (χ2v) is 6.80. The molecule has 1 atom stereocenters. The van der Waals surface area contributed by atoms with Crippen molar-refractivity contribution in [3.63, 3.8) is 0 Å². The number of anilines is 1. The van der Waals surface area contributed by atoms with Crippen LogP contribution in [0, 0.1) is 0 Å². The molecule has 6 heteroatoms. The molecule has 2 aromatic carbocycles. The van der Waals surface area contributed by atoms with Crippen molar-refractivity contribution < 1.29 is 14.3 Å². The maximum atomic E-state index is 12.7. The largest absolute Gasteiger partial charge is 0.375 e. The van der Waals surface area contributed by atoms with E-state index in [1.807, 2.05) is 19.1 Å². The van der Waals surface area contributed by atoms with Gasteiger partial charge in [-0.3, -0.25) is 9.59 Å². The third-order valence-electron chi connectivity index (χ3n) is 4.18. The van der Waals surface area contributed by atoms with E-state index < -0.39 is 0 Å². The monoisotopic (exact) mass is 372 g/mol. The van der Waals surface area contributed by atoms with Crippen LogP contribution in [-0.2, 0) is 16.0 Å². The van der Waals surface area contributed by atoms with Crippen molar-refractivity contribution >= 4 is 29.1 Å². The number of rotatable bonds is 4. The van der Waals surface area contributed by atoms with Gasteiger partial charge in [0.05, 0.1) is 19.1 Å². The summed E-state index contributed by atoms with van der Waals surface area (Å²) in [6.45, 7) is 3.65. The average Bonchev–Trinajstić information content (AvgIpc) is 2.61. The van der Waals surface area contributed by atoms with Gasteiger partial charge in [0.25, 0.3) is 5.91 Å². The van der Waals surface area contributed by atoms with E-state index in [0.717, 1.165) is 5.56 Å². The third-order valence-corrected chi connectivity index (χ3v) is 4.41. The lowest BCUT2D eigenvalue weighted by Gasteiger charge is -2.31. The molecule has 0 aromatic heterocycles. The van der Waals surface area contributed by atoms with Crippen LogP contribution < -0.4 is 5.32 Å². The molecule has 1 fully saturated rings. The fourth-order valence-electron chi connectivity index (χ4n) is 2.95. The van der Waals surface area contributed by atoms with E-state index in [1.165, 1.54) is 0 Å². The molecule has 2 aromatic rings. The van der Waals surface area contributed by atoms with Crippen molar-refractivity contribution in [1.29, 1.82) is 0 Å². The first-order chi connectivity index (χ1) is 12.5.